The minimum absolute atomic E-state index is 0.0492. The highest BCUT2D eigenvalue weighted by molar-refractivity contribution is 6.12. The number of fused-ring (bicyclic) bond motifs is 1. The van der Waals surface area contributed by atoms with E-state index in [9.17, 15) is 9.59 Å². The van der Waals surface area contributed by atoms with Crippen molar-refractivity contribution in [1.29, 1.82) is 0 Å². The predicted molar refractivity (Wildman–Crippen MR) is 107 cm³/mol. The van der Waals surface area contributed by atoms with Crippen molar-refractivity contribution in [1.82, 2.24) is 14.6 Å². The van der Waals surface area contributed by atoms with E-state index in [2.05, 4.69) is 15.4 Å². The fraction of sp³-hybridized carbons (Fsp3) is 0.0909. The standard InChI is InChI=1S/C22H18N4O2/c1-2-20(27)25-17-10-6-9-16(13-17)19-11-12-23-22-18(14-24-26(19)22)21(28)15-7-4-3-5-8-15/h3-14H,2H2,1H3,(H,25,27). The summed E-state index contributed by atoms with van der Waals surface area (Å²) in [5, 5.41) is 7.25. The zero-order valence-corrected chi connectivity index (χ0v) is 15.3. The van der Waals surface area contributed by atoms with Gasteiger partial charge in [0, 0.05) is 29.4 Å². The molecule has 0 fully saturated rings. The maximum atomic E-state index is 12.8. The Bertz CT molecular complexity index is 1170. The lowest BCUT2D eigenvalue weighted by Gasteiger charge is -2.08. The van der Waals surface area contributed by atoms with Crippen molar-refractivity contribution in [3.8, 4) is 11.3 Å². The molecular formula is C22H18N4O2. The summed E-state index contributed by atoms with van der Waals surface area (Å²) in [6, 6.07) is 18.4. The second kappa shape index (κ2) is 7.44. The topological polar surface area (TPSA) is 76.4 Å². The molecule has 0 unspecified atom stereocenters. The summed E-state index contributed by atoms with van der Waals surface area (Å²) in [6.07, 6.45) is 3.61. The highest BCUT2D eigenvalue weighted by Crippen LogP contribution is 2.24. The number of aromatic nitrogens is 3. The number of amides is 1. The van der Waals surface area contributed by atoms with E-state index in [1.54, 1.807) is 36.0 Å². The van der Waals surface area contributed by atoms with E-state index in [4.69, 9.17) is 0 Å². The molecule has 0 bridgehead atoms. The zero-order valence-electron chi connectivity index (χ0n) is 15.3. The van der Waals surface area contributed by atoms with Crippen LogP contribution in [0.3, 0.4) is 0 Å². The molecule has 4 aromatic rings. The number of hydrogen-bond acceptors (Lipinski definition) is 4. The first-order chi connectivity index (χ1) is 13.7. The van der Waals surface area contributed by atoms with Crippen molar-refractivity contribution >= 4 is 23.0 Å². The Labute approximate surface area is 161 Å². The average Bonchev–Trinajstić information content (AvgIpc) is 3.18. The minimum Gasteiger partial charge on any atom is -0.326 e. The molecule has 0 atom stereocenters. The summed E-state index contributed by atoms with van der Waals surface area (Å²) in [6.45, 7) is 1.81. The molecule has 138 valence electrons. The van der Waals surface area contributed by atoms with E-state index in [1.807, 2.05) is 48.5 Å². The predicted octanol–water partition coefficient (Wildman–Crippen LogP) is 3.98. The van der Waals surface area contributed by atoms with Crippen LogP contribution < -0.4 is 5.32 Å². The smallest absolute Gasteiger partial charge is 0.224 e. The molecule has 2 aromatic carbocycles. The van der Waals surface area contributed by atoms with E-state index in [1.165, 1.54) is 0 Å². The van der Waals surface area contributed by atoms with Crippen molar-refractivity contribution in [2.45, 2.75) is 13.3 Å². The second-order valence-electron chi connectivity index (χ2n) is 6.30. The summed E-state index contributed by atoms with van der Waals surface area (Å²) < 4.78 is 1.65. The molecule has 2 aromatic heterocycles. The Morgan fingerprint density at radius 1 is 1.04 bits per heavy atom. The lowest BCUT2D eigenvalue weighted by molar-refractivity contribution is -0.115. The number of carbonyl (C=O) groups is 2. The number of benzene rings is 2. The molecule has 1 amide bonds. The Kier molecular flexibility index (Phi) is 4.68. The number of nitrogens with one attached hydrogen (secondary N) is 1. The Balaban J connectivity index is 1.76. The van der Waals surface area contributed by atoms with Crippen molar-refractivity contribution in [3.05, 3.63) is 84.2 Å². The van der Waals surface area contributed by atoms with Crippen LogP contribution in [0.2, 0.25) is 0 Å². The monoisotopic (exact) mass is 370 g/mol. The maximum absolute atomic E-state index is 12.8. The lowest BCUT2D eigenvalue weighted by atomic mass is 10.1. The SMILES string of the molecule is CCC(=O)Nc1cccc(-c2ccnc3c(C(=O)c4ccccc4)cnn23)c1. The first kappa shape index (κ1) is 17.6. The summed E-state index contributed by atoms with van der Waals surface area (Å²) in [7, 11) is 0. The Morgan fingerprint density at radius 2 is 1.86 bits per heavy atom. The number of nitrogens with zero attached hydrogens (tertiary/aromatic N) is 3. The van der Waals surface area contributed by atoms with Crippen LogP contribution in [0.5, 0.6) is 0 Å². The molecular weight excluding hydrogens is 352 g/mol. The average molecular weight is 370 g/mol. The first-order valence-electron chi connectivity index (χ1n) is 9.00. The summed E-state index contributed by atoms with van der Waals surface area (Å²) in [5.74, 6) is -0.170. The van der Waals surface area contributed by atoms with Crippen molar-refractivity contribution in [2.75, 3.05) is 5.32 Å². The Morgan fingerprint density at radius 3 is 2.64 bits per heavy atom. The second-order valence-corrected chi connectivity index (χ2v) is 6.30. The van der Waals surface area contributed by atoms with Gasteiger partial charge in [-0.25, -0.2) is 9.50 Å². The fourth-order valence-electron chi connectivity index (χ4n) is 3.02. The van der Waals surface area contributed by atoms with E-state index in [-0.39, 0.29) is 11.7 Å². The summed E-state index contributed by atoms with van der Waals surface area (Å²) in [5.41, 5.74) is 3.89. The molecule has 6 nitrogen and oxygen atoms in total. The van der Waals surface area contributed by atoms with Gasteiger partial charge in [0.2, 0.25) is 5.91 Å². The van der Waals surface area contributed by atoms with Crippen molar-refractivity contribution in [2.24, 2.45) is 0 Å². The molecule has 28 heavy (non-hydrogen) atoms. The van der Waals surface area contributed by atoms with Gasteiger partial charge in [0.25, 0.3) is 0 Å². The van der Waals surface area contributed by atoms with Crippen molar-refractivity contribution in [3.63, 3.8) is 0 Å². The zero-order chi connectivity index (χ0) is 19.5. The fourth-order valence-corrected chi connectivity index (χ4v) is 3.02. The number of carbonyl (C=O) groups excluding carboxylic acids is 2. The van der Waals surface area contributed by atoms with Gasteiger partial charge in [-0.2, -0.15) is 5.10 Å². The van der Waals surface area contributed by atoms with Gasteiger partial charge in [-0.05, 0) is 18.2 Å². The molecule has 0 aliphatic heterocycles. The van der Waals surface area contributed by atoms with Crippen LogP contribution >= 0.6 is 0 Å². The van der Waals surface area contributed by atoms with Crippen LogP contribution in [0.15, 0.2) is 73.1 Å². The van der Waals surface area contributed by atoms with Crippen LogP contribution in [0.25, 0.3) is 16.9 Å². The summed E-state index contributed by atoms with van der Waals surface area (Å²) >= 11 is 0. The molecule has 6 heteroatoms. The molecule has 0 saturated carbocycles. The van der Waals surface area contributed by atoms with Crippen LogP contribution in [-0.2, 0) is 4.79 Å². The van der Waals surface area contributed by atoms with Gasteiger partial charge < -0.3 is 5.32 Å². The molecule has 2 heterocycles. The molecule has 0 saturated heterocycles. The van der Waals surface area contributed by atoms with Crippen LogP contribution in [0, 0.1) is 0 Å². The molecule has 0 spiro atoms. The highest BCUT2D eigenvalue weighted by Gasteiger charge is 2.17. The van der Waals surface area contributed by atoms with Gasteiger partial charge in [0.15, 0.2) is 11.4 Å². The first-order valence-corrected chi connectivity index (χ1v) is 9.00. The van der Waals surface area contributed by atoms with E-state index >= 15 is 0 Å². The van der Waals surface area contributed by atoms with Gasteiger partial charge in [-0.15, -0.1) is 0 Å². The van der Waals surface area contributed by atoms with Gasteiger partial charge in [0.1, 0.15) is 0 Å². The number of hydrogen-bond donors (Lipinski definition) is 1. The van der Waals surface area contributed by atoms with Crippen LogP contribution in [0.1, 0.15) is 29.3 Å². The van der Waals surface area contributed by atoms with Gasteiger partial charge >= 0.3 is 0 Å². The Hall–Kier alpha value is -3.80. The number of rotatable bonds is 5. The van der Waals surface area contributed by atoms with Crippen LogP contribution in [-0.4, -0.2) is 26.3 Å². The molecule has 0 aliphatic rings. The van der Waals surface area contributed by atoms with Crippen molar-refractivity contribution < 1.29 is 9.59 Å². The normalized spacial score (nSPS) is 10.8. The number of ketones is 1. The molecule has 1 N–H and O–H groups in total. The molecule has 0 radical (unpaired) electrons. The van der Waals surface area contributed by atoms with Gasteiger partial charge in [0.05, 0.1) is 17.5 Å². The quantitative estimate of drug-likeness (QED) is 0.539. The van der Waals surface area contributed by atoms with Crippen LogP contribution in [0.4, 0.5) is 5.69 Å². The van der Waals surface area contributed by atoms with Gasteiger partial charge in [-0.1, -0.05) is 49.4 Å². The highest BCUT2D eigenvalue weighted by atomic mass is 16.1. The number of anilines is 1. The molecule has 4 rings (SSSR count). The molecule has 0 aliphatic carbocycles. The third-order valence-corrected chi connectivity index (χ3v) is 4.45. The van der Waals surface area contributed by atoms with E-state index in [0.29, 0.717) is 28.9 Å². The minimum atomic E-state index is -0.121. The van der Waals surface area contributed by atoms with Gasteiger partial charge in [-0.3, -0.25) is 9.59 Å². The largest absolute Gasteiger partial charge is 0.326 e. The third kappa shape index (κ3) is 3.27. The summed E-state index contributed by atoms with van der Waals surface area (Å²) in [4.78, 5) is 28.9. The maximum Gasteiger partial charge on any atom is 0.224 e. The van der Waals surface area contributed by atoms with E-state index in [0.717, 1.165) is 11.3 Å². The lowest BCUT2D eigenvalue weighted by Crippen LogP contribution is -2.09. The van der Waals surface area contributed by atoms with E-state index < -0.39 is 0 Å². The third-order valence-electron chi connectivity index (χ3n) is 4.45.